The second-order valence-corrected chi connectivity index (χ2v) is 19.8. The minimum absolute atomic E-state index is 0.00906. The Balaban J connectivity index is 0.782. The molecule has 1 unspecified atom stereocenters. The van der Waals surface area contributed by atoms with E-state index in [4.69, 9.17) is 21.3 Å². The highest BCUT2D eigenvalue weighted by Gasteiger charge is 2.46. The molecule has 2 saturated heterocycles. The highest BCUT2D eigenvalue weighted by atomic mass is 35.5. The molecule has 0 saturated carbocycles. The van der Waals surface area contributed by atoms with Gasteiger partial charge in [-0.3, -0.25) is 53.3 Å². The molecule has 0 aliphatic carbocycles. The molecule has 71 heavy (non-hydrogen) atoms. The van der Waals surface area contributed by atoms with Gasteiger partial charge in [-0.2, -0.15) is 0 Å². The number of benzene rings is 2. The number of fused-ring (bicyclic) bond motifs is 4. The van der Waals surface area contributed by atoms with E-state index in [9.17, 15) is 33.6 Å². The molecule has 2 fully saturated rings. The maximum atomic E-state index is 13.8. The summed E-state index contributed by atoms with van der Waals surface area (Å²) in [6, 6.07) is 10.2. The SMILES string of the molecule is Cc1c(C(=O)NCCCCCCCCNC(=O)COc2cccc3c2C(=O)N(C2CCC(=O)NC2=O)C3=O)sc2c1C(c1ccc(Cl)cc1)=N[C@@H](CC(=O)NCCCN1CCN(C)CC1)c1nnc(C)n1-2. The number of nitrogens with one attached hydrogen (secondary N) is 4. The summed E-state index contributed by atoms with van der Waals surface area (Å²) in [5.41, 5.74) is 3.09. The molecule has 4 aromatic rings. The number of hydrogen-bond donors (Lipinski definition) is 4. The van der Waals surface area contributed by atoms with Gasteiger partial charge >= 0.3 is 0 Å². The number of aryl methyl sites for hydroxylation is 1. The number of piperazine rings is 1. The fraction of sp³-hybridized carbons (Fsp3) is 0.480. The van der Waals surface area contributed by atoms with Gasteiger partial charge in [0.1, 0.15) is 28.7 Å². The quantitative estimate of drug-likeness (QED) is 0.0677. The van der Waals surface area contributed by atoms with Gasteiger partial charge in [0.25, 0.3) is 23.6 Å². The number of rotatable bonds is 21. The molecule has 6 heterocycles. The number of amides is 7. The first-order chi connectivity index (χ1) is 34.3. The van der Waals surface area contributed by atoms with Crippen LogP contribution in [0.2, 0.25) is 5.02 Å². The van der Waals surface area contributed by atoms with Gasteiger partial charge in [0.05, 0.1) is 28.1 Å². The summed E-state index contributed by atoms with van der Waals surface area (Å²) >= 11 is 7.68. The Morgan fingerprint density at radius 1 is 0.817 bits per heavy atom. The smallest absolute Gasteiger partial charge is 0.266 e. The van der Waals surface area contributed by atoms with Crippen LogP contribution >= 0.6 is 22.9 Å². The third kappa shape index (κ3) is 11.9. The summed E-state index contributed by atoms with van der Waals surface area (Å²) in [5, 5.41) is 21.5. The molecule has 376 valence electrons. The van der Waals surface area contributed by atoms with E-state index < -0.39 is 35.7 Å². The molecule has 21 heteroatoms. The molecular weight excluding hydrogens is 950 g/mol. The molecule has 0 bridgehead atoms. The number of likely N-dealkylation sites (N-methyl/N-ethyl adjacent to an activating group) is 1. The van der Waals surface area contributed by atoms with Gasteiger partial charge in [0.2, 0.25) is 17.7 Å². The van der Waals surface area contributed by atoms with Crippen LogP contribution in [-0.2, 0) is 19.2 Å². The minimum atomic E-state index is -1.10. The normalized spacial score (nSPS) is 18.0. The monoisotopic (exact) mass is 1010 g/mol. The van der Waals surface area contributed by atoms with Crippen LogP contribution in [0.15, 0.2) is 47.5 Å². The summed E-state index contributed by atoms with van der Waals surface area (Å²) in [6.07, 6.45) is 6.22. The van der Waals surface area contributed by atoms with E-state index >= 15 is 0 Å². The van der Waals surface area contributed by atoms with Crippen molar-refractivity contribution < 1.29 is 38.3 Å². The number of nitrogens with zero attached hydrogens (tertiary/aromatic N) is 7. The first kappa shape index (κ1) is 51.0. The molecule has 2 aromatic heterocycles. The number of aliphatic imine (C=N–C) groups is 1. The lowest BCUT2D eigenvalue weighted by Crippen LogP contribution is -2.54. The lowest BCUT2D eigenvalue weighted by molar-refractivity contribution is -0.136. The number of thiophene rings is 1. The number of aromatic nitrogens is 3. The van der Waals surface area contributed by atoms with Crippen molar-refractivity contribution in [2.24, 2.45) is 4.99 Å². The van der Waals surface area contributed by atoms with Gasteiger partial charge in [0.15, 0.2) is 12.4 Å². The van der Waals surface area contributed by atoms with E-state index in [1.54, 1.807) is 12.1 Å². The van der Waals surface area contributed by atoms with Crippen LogP contribution in [0, 0.1) is 13.8 Å². The third-order valence-corrected chi connectivity index (χ3v) is 14.8. The van der Waals surface area contributed by atoms with Gasteiger partial charge in [0, 0.05) is 68.4 Å². The van der Waals surface area contributed by atoms with Crippen LogP contribution in [0.4, 0.5) is 0 Å². The van der Waals surface area contributed by atoms with E-state index in [2.05, 4.69) is 48.3 Å². The van der Waals surface area contributed by atoms with Crippen molar-refractivity contribution in [3.63, 3.8) is 0 Å². The van der Waals surface area contributed by atoms with Crippen LogP contribution in [0.5, 0.6) is 5.75 Å². The maximum absolute atomic E-state index is 13.8. The van der Waals surface area contributed by atoms with Crippen molar-refractivity contribution in [3.05, 3.63) is 91.8 Å². The average molecular weight is 1010 g/mol. The standard InChI is InChI=1S/C50H60ClN11O8S/c1-30-41-43(32-14-16-33(51)17-15-32)55-35(28-39(64)52-22-11-23-60-26-24-59(3)25-27-60)45-58-57-31(2)61(45)50(41)71-44(30)47(67)54-21-9-7-5-4-6-8-20-53-40(65)29-70-37-13-10-12-34-42(37)49(69)62(48(34)68)36-18-19-38(63)56-46(36)66/h10,12-17,35-36H,4-9,11,18-29H2,1-3H3,(H,52,64)(H,53,65)(H,54,67)(H,56,63,66)/t35-,36?/m0/s1. The summed E-state index contributed by atoms with van der Waals surface area (Å²) < 4.78 is 7.61. The molecular formula is C50H60ClN11O8S. The predicted octanol–water partition coefficient (Wildman–Crippen LogP) is 4.30. The van der Waals surface area contributed by atoms with Crippen molar-refractivity contribution >= 4 is 70.0 Å². The van der Waals surface area contributed by atoms with Crippen LogP contribution in [0.1, 0.15) is 129 Å². The Morgan fingerprint density at radius 3 is 2.24 bits per heavy atom. The third-order valence-electron chi connectivity index (χ3n) is 13.3. The van der Waals surface area contributed by atoms with Gasteiger partial charge in [-0.1, -0.05) is 55.5 Å². The number of hydrogen-bond acceptors (Lipinski definition) is 14. The molecule has 0 spiro atoms. The van der Waals surface area contributed by atoms with Crippen molar-refractivity contribution in [1.29, 1.82) is 0 Å². The molecule has 2 atom stereocenters. The second kappa shape index (κ2) is 23.3. The molecule has 4 aliphatic heterocycles. The number of carbonyl (C=O) groups is 7. The van der Waals surface area contributed by atoms with Gasteiger partial charge < -0.3 is 30.5 Å². The van der Waals surface area contributed by atoms with E-state index in [1.807, 2.05) is 30.5 Å². The summed E-state index contributed by atoms with van der Waals surface area (Å²) in [7, 11) is 2.14. The predicted molar refractivity (Wildman–Crippen MR) is 266 cm³/mol. The number of halogens is 1. The highest BCUT2D eigenvalue weighted by Crippen LogP contribution is 2.40. The van der Waals surface area contributed by atoms with Gasteiger partial charge in [-0.25, -0.2) is 0 Å². The van der Waals surface area contributed by atoms with Gasteiger partial charge in [-0.05, 0) is 83.0 Å². The Bertz CT molecular complexity index is 2710. The fourth-order valence-corrected chi connectivity index (χ4v) is 10.8. The summed E-state index contributed by atoms with van der Waals surface area (Å²) in [6.45, 7) is 10.0. The molecule has 8 rings (SSSR count). The van der Waals surface area contributed by atoms with Crippen molar-refractivity contribution in [2.45, 2.75) is 90.1 Å². The van der Waals surface area contributed by atoms with Crippen molar-refractivity contribution in [2.75, 3.05) is 66.0 Å². The minimum Gasteiger partial charge on any atom is -0.483 e. The van der Waals surface area contributed by atoms with Crippen LogP contribution in [-0.4, -0.2) is 149 Å². The van der Waals surface area contributed by atoms with E-state index in [0.29, 0.717) is 46.9 Å². The van der Waals surface area contributed by atoms with E-state index in [-0.39, 0.29) is 60.5 Å². The number of carbonyl (C=O) groups excluding carboxylic acids is 7. The largest absolute Gasteiger partial charge is 0.483 e. The highest BCUT2D eigenvalue weighted by molar-refractivity contribution is 7.17. The van der Waals surface area contributed by atoms with Crippen LogP contribution < -0.4 is 26.0 Å². The molecule has 7 amide bonds. The van der Waals surface area contributed by atoms with Gasteiger partial charge in [-0.15, -0.1) is 21.5 Å². The lowest BCUT2D eigenvalue weighted by Gasteiger charge is -2.32. The summed E-state index contributed by atoms with van der Waals surface area (Å²) in [5.74, 6) is -1.97. The average Bonchev–Trinajstić information content (AvgIpc) is 3.95. The number of ether oxygens (including phenoxy) is 1. The number of piperidine rings is 1. The zero-order valence-electron chi connectivity index (χ0n) is 40.3. The Morgan fingerprint density at radius 2 is 1.51 bits per heavy atom. The van der Waals surface area contributed by atoms with Crippen molar-refractivity contribution in [1.82, 2.24) is 50.7 Å². The van der Waals surface area contributed by atoms with E-state index in [1.165, 1.54) is 29.5 Å². The summed E-state index contributed by atoms with van der Waals surface area (Å²) in [4.78, 5) is 102. The molecule has 4 N–H and O–H groups in total. The lowest BCUT2D eigenvalue weighted by atomic mass is 9.99. The van der Waals surface area contributed by atoms with E-state index in [0.717, 1.165) is 104 Å². The topological polar surface area (TPSA) is 230 Å². The Kier molecular flexibility index (Phi) is 16.7. The fourth-order valence-electron chi connectivity index (χ4n) is 9.35. The zero-order chi connectivity index (χ0) is 50.2. The Hall–Kier alpha value is -6.35. The molecule has 2 aromatic carbocycles. The van der Waals surface area contributed by atoms with Crippen molar-refractivity contribution in [3.8, 4) is 10.8 Å². The van der Waals surface area contributed by atoms with Crippen LogP contribution in [0.3, 0.4) is 0 Å². The Labute approximate surface area is 421 Å². The van der Waals surface area contributed by atoms with Crippen LogP contribution in [0.25, 0.3) is 5.00 Å². The second-order valence-electron chi connectivity index (χ2n) is 18.4. The number of unbranched alkanes of at least 4 members (excludes halogenated alkanes) is 5. The first-order valence-corrected chi connectivity index (χ1v) is 25.6. The number of imide groups is 2. The molecule has 4 aliphatic rings. The first-order valence-electron chi connectivity index (χ1n) is 24.4. The zero-order valence-corrected chi connectivity index (χ0v) is 41.9. The molecule has 19 nitrogen and oxygen atoms in total. The maximum Gasteiger partial charge on any atom is 0.266 e. The molecule has 0 radical (unpaired) electrons.